The van der Waals surface area contributed by atoms with Crippen molar-refractivity contribution in [3.05, 3.63) is 30.0 Å². The van der Waals surface area contributed by atoms with E-state index in [1.807, 2.05) is 0 Å². The molecule has 0 aliphatic heterocycles. The normalized spacial score (nSPS) is 12.9. The summed E-state index contributed by atoms with van der Waals surface area (Å²) >= 11 is 0. The van der Waals surface area contributed by atoms with Crippen LogP contribution in [0.25, 0.3) is 0 Å². The highest BCUT2D eigenvalue weighted by molar-refractivity contribution is 6.14. The van der Waals surface area contributed by atoms with Crippen molar-refractivity contribution in [2.45, 2.75) is 26.7 Å². The molecule has 1 aromatic rings. The van der Waals surface area contributed by atoms with E-state index in [0.29, 0.717) is 24.0 Å². The lowest BCUT2D eigenvalue weighted by Gasteiger charge is -2.10. The number of carbonyl (C=O) groups is 2. The lowest BCUT2D eigenvalue weighted by molar-refractivity contribution is -0.146. The first-order valence-electron chi connectivity index (χ1n) is 8.31. The molecule has 0 spiro atoms. The molecular weight excluding hydrogens is 326 g/mol. The Morgan fingerprint density at radius 1 is 1.20 bits per heavy atom. The third kappa shape index (κ3) is 5.70. The van der Waals surface area contributed by atoms with Crippen LogP contribution in [0.5, 0.6) is 11.5 Å². The quantitative estimate of drug-likeness (QED) is 0.306. The van der Waals surface area contributed by atoms with Gasteiger partial charge in [0.2, 0.25) is 0 Å². The largest absolute Gasteiger partial charge is 0.504 e. The average molecular weight is 349 g/mol. The molecule has 7 heteroatoms. The van der Waals surface area contributed by atoms with Gasteiger partial charge >= 0.3 is 11.9 Å². The zero-order chi connectivity index (χ0) is 18.2. The van der Waals surface area contributed by atoms with Crippen molar-refractivity contribution < 1.29 is 28.9 Å². The summed E-state index contributed by atoms with van der Waals surface area (Å²) in [5.74, 6) is -0.591. The van der Waals surface area contributed by atoms with Gasteiger partial charge in [0.25, 0.3) is 0 Å². The zero-order valence-corrected chi connectivity index (χ0v) is 14.4. The number of ether oxygens (including phenoxy) is 3. The number of phenolic OH excluding ortho intramolecular Hbond substituents is 1. The van der Waals surface area contributed by atoms with Gasteiger partial charge < -0.3 is 24.6 Å². The molecule has 2 N–H and O–H groups in total. The summed E-state index contributed by atoms with van der Waals surface area (Å²) in [5, 5.41) is 12.8. The van der Waals surface area contributed by atoms with E-state index in [4.69, 9.17) is 14.2 Å². The highest BCUT2D eigenvalue weighted by atomic mass is 16.6. The van der Waals surface area contributed by atoms with E-state index < -0.39 is 11.9 Å². The molecule has 0 saturated heterocycles. The number of carbonyl (C=O) groups excluding carboxylic acids is 2. The van der Waals surface area contributed by atoms with Crippen LogP contribution >= 0.6 is 0 Å². The Bertz CT molecular complexity index is 631. The van der Waals surface area contributed by atoms with Crippen molar-refractivity contribution in [2.75, 3.05) is 25.1 Å². The number of hydrogen-bond acceptors (Lipinski definition) is 7. The first kappa shape index (κ1) is 18.6. The fraction of sp³-hybridized carbons (Fsp3) is 0.444. The molecule has 0 heterocycles. The zero-order valence-electron chi connectivity index (χ0n) is 14.4. The fourth-order valence-electron chi connectivity index (χ4n) is 2.00. The van der Waals surface area contributed by atoms with E-state index in [-0.39, 0.29) is 24.5 Å². The molecule has 0 unspecified atom stereocenters. The van der Waals surface area contributed by atoms with E-state index in [2.05, 4.69) is 5.32 Å². The van der Waals surface area contributed by atoms with Crippen molar-refractivity contribution in [3.63, 3.8) is 0 Å². The lowest BCUT2D eigenvalue weighted by Crippen LogP contribution is -2.19. The van der Waals surface area contributed by atoms with Crippen molar-refractivity contribution in [1.29, 1.82) is 0 Å². The Hall–Kier alpha value is -2.70. The molecule has 1 aliphatic carbocycles. The Morgan fingerprint density at radius 3 is 2.36 bits per heavy atom. The summed E-state index contributed by atoms with van der Waals surface area (Å²) in [7, 11) is 0. The minimum absolute atomic E-state index is 0.0205. The smallest absolute Gasteiger partial charge is 0.347 e. The molecule has 1 fully saturated rings. The second-order valence-electron chi connectivity index (χ2n) is 5.58. The van der Waals surface area contributed by atoms with Crippen LogP contribution in [0, 0.1) is 5.92 Å². The second kappa shape index (κ2) is 8.96. The molecule has 0 bridgehead atoms. The van der Waals surface area contributed by atoms with Crippen molar-refractivity contribution in [2.24, 2.45) is 5.92 Å². The number of aromatic hydroxyl groups is 1. The lowest BCUT2D eigenvalue weighted by atomic mass is 10.2. The van der Waals surface area contributed by atoms with E-state index in [9.17, 15) is 14.7 Å². The Balaban J connectivity index is 2.05. The Morgan fingerprint density at radius 2 is 1.84 bits per heavy atom. The molecule has 1 aliphatic rings. The van der Waals surface area contributed by atoms with Gasteiger partial charge in [0, 0.05) is 18.0 Å². The molecule has 25 heavy (non-hydrogen) atoms. The average Bonchev–Trinajstić information content (AvgIpc) is 3.39. The highest BCUT2D eigenvalue weighted by Crippen LogP contribution is 2.33. The van der Waals surface area contributed by atoms with Crippen molar-refractivity contribution in [1.82, 2.24) is 0 Å². The summed E-state index contributed by atoms with van der Waals surface area (Å²) in [5.41, 5.74) is 0.236. The maximum Gasteiger partial charge on any atom is 0.347 e. The van der Waals surface area contributed by atoms with Gasteiger partial charge in [-0.25, -0.2) is 9.59 Å². The second-order valence-corrected chi connectivity index (χ2v) is 5.58. The molecule has 0 aromatic heterocycles. The van der Waals surface area contributed by atoms with Gasteiger partial charge in [-0.15, -0.1) is 0 Å². The number of benzene rings is 1. The van der Waals surface area contributed by atoms with Gasteiger partial charge in [-0.05, 0) is 44.7 Å². The number of anilines is 1. The molecule has 0 atom stereocenters. The van der Waals surface area contributed by atoms with Crippen LogP contribution in [-0.4, -0.2) is 36.9 Å². The first-order chi connectivity index (χ1) is 12.0. The molecule has 7 nitrogen and oxygen atoms in total. The maximum absolute atomic E-state index is 11.9. The predicted octanol–water partition coefficient (Wildman–Crippen LogP) is 2.60. The maximum atomic E-state index is 11.9. The third-order valence-corrected chi connectivity index (χ3v) is 3.50. The van der Waals surface area contributed by atoms with Crippen LogP contribution in [0.4, 0.5) is 5.69 Å². The van der Waals surface area contributed by atoms with E-state index >= 15 is 0 Å². The van der Waals surface area contributed by atoms with Gasteiger partial charge in [-0.1, -0.05) is 0 Å². The van der Waals surface area contributed by atoms with Crippen LogP contribution in [0.2, 0.25) is 0 Å². The van der Waals surface area contributed by atoms with Crippen molar-refractivity contribution in [3.8, 4) is 11.5 Å². The number of nitrogens with one attached hydrogen (secondary N) is 1. The minimum Gasteiger partial charge on any atom is -0.504 e. The summed E-state index contributed by atoms with van der Waals surface area (Å²) in [6.45, 7) is 4.17. The Labute approximate surface area is 146 Å². The predicted molar refractivity (Wildman–Crippen MR) is 91.3 cm³/mol. The molecule has 1 aromatic carbocycles. The molecule has 2 rings (SSSR count). The summed E-state index contributed by atoms with van der Waals surface area (Å²) in [6.07, 6.45) is 3.53. The van der Waals surface area contributed by atoms with Gasteiger partial charge in [-0.2, -0.15) is 0 Å². The minimum atomic E-state index is -0.776. The van der Waals surface area contributed by atoms with Gasteiger partial charge in [-0.3, -0.25) is 0 Å². The van der Waals surface area contributed by atoms with Crippen LogP contribution in [0.15, 0.2) is 30.0 Å². The van der Waals surface area contributed by atoms with Gasteiger partial charge in [0.1, 0.15) is 0 Å². The van der Waals surface area contributed by atoms with Gasteiger partial charge in [0.15, 0.2) is 17.1 Å². The van der Waals surface area contributed by atoms with Crippen LogP contribution in [0.1, 0.15) is 26.7 Å². The van der Waals surface area contributed by atoms with E-state index in [0.717, 1.165) is 12.8 Å². The van der Waals surface area contributed by atoms with E-state index in [1.165, 1.54) is 12.3 Å². The molecule has 0 amide bonds. The molecular formula is C18H23NO6. The van der Waals surface area contributed by atoms with Crippen molar-refractivity contribution >= 4 is 17.6 Å². The van der Waals surface area contributed by atoms with Gasteiger partial charge in [0.05, 0.1) is 19.8 Å². The standard InChI is InChI=1S/C18H23NO6/c1-3-23-17(21)14(18(22)24-4-2)10-19-13-7-8-16(15(20)9-13)25-11-12-5-6-12/h7-10,12,19-20H,3-6,11H2,1-2H3. The summed E-state index contributed by atoms with van der Waals surface area (Å²) < 4.78 is 15.2. The van der Waals surface area contributed by atoms with E-state index in [1.54, 1.807) is 26.0 Å². The topological polar surface area (TPSA) is 94.1 Å². The molecule has 0 radical (unpaired) electrons. The summed E-state index contributed by atoms with van der Waals surface area (Å²) in [6, 6.07) is 4.75. The molecule has 136 valence electrons. The monoisotopic (exact) mass is 349 g/mol. The number of esters is 2. The number of hydrogen-bond donors (Lipinski definition) is 2. The number of rotatable bonds is 9. The summed E-state index contributed by atoms with van der Waals surface area (Å²) in [4.78, 5) is 23.7. The Kier molecular flexibility index (Phi) is 6.68. The van der Waals surface area contributed by atoms with Crippen LogP contribution in [0.3, 0.4) is 0 Å². The first-order valence-corrected chi connectivity index (χ1v) is 8.31. The third-order valence-electron chi connectivity index (χ3n) is 3.50. The molecule has 1 saturated carbocycles. The van der Waals surface area contributed by atoms with Crippen LogP contribution in [-0.2, 0) is 19.1 Å². The number of phenols is 1. The highest BCUT2D eigenvalue weighted by Gasteiger charge is 2.23. The fourth-order valence-corrected chi connectivity index (χ4v) is 2.00. The SMILES string of the molecule is CCOC(=O)C(=CNc1ccc(OCC2CC2)c(O)c1)C(=O)OCC. The van der Waals surface area contributed by atoms with Crippen LogP contribution < -0.4 is 10.1 Å².